The molecule has 2 aromatic rings. The lowest BCUT2D eigenvalue weighted by Gasteiger charge is -2.33. The summed E-state index contributed by atoms with van der Waals surface area (Å²) in [7, 11) is -3.88. The Hall–Kier alpha value is -3.07. The Balaban J connectivity index is 1.85. The fourth-order valence-electron chi connectivity index (χ4n) is 3.54. The lowest BCUT2D eigenvalue weighted by Crippen LogP contribution is -2.38. The number of piperidine rings is 1. The summed E-state index contributed by atoms with van der Waals surface area (Å²) in [6.45, 7) is 4.39. The van der Waals surface area contributed by atoms with Gasteiger partial charge in [0.1, 0.15) is 0 Å². The van der Waals surface area contributed by atoms with E-state index in [2.05, 4.69) is 14.9 Å². The number of carbonyl (C=O) groups excluding carboxylic acids is 2. The number of carbonyl (C=O) groups is 2. The average molecular weight is 431 g/mol. The van der Waals surface area contributed by atoms with Gasteiger partial charge in [-0.3, -0.25) is 14.3 Å². The van der Waals surface area contributed by atoms with Crippen molar-refractivity contribution in [1.82, 2.24) is 0 Å². The van der Waals surface area contributed by atoms with Crippen molar-refractivity contribution in [2.24, 2.45) is 11.7 Å². The molecule has 8 nitrogen and oxygen atoms in total. The molecule has 9 heteroatoms. The molecule has 0 radical (unpaired) electrons. The molecule has 1 saturated heterocycles. The van der Waals surface area contributed by atoms with Gasteiger partial charge >= 0.3 is 0 Å². The van der Waals surface area contributed by atoms with Gasteiger partial charge in [0.25, 0.3) is 10.0 Å². The van der Waals surface area contributed by atoms with Crippen LogP contribution in [0.2, 0.25) is 0 Å². The third-order valence-electron chi connectivity index (χ3n) is 5.22. The Labute approximate surface area is 176 Å². The maximum absolute atomic E-state index is 13.0. The fraction of sp³-hybridized carbons (Fsp3) is 0.333. The summed E-state index contributed by atoms with van der Waals surface area (Å²) in [5.41, 5.74) is 7.83. The largest absolute Gasteiger partial charge is 0.370 e. The van der Waals surface area contributed by atoms with Crippen molar-refractivity contribution in [3.8, 4) is 0 Å². The maximum atomic E-state index is 13.0. The van der Waals surface area contributed by atoms with Crippen LogP contribution in [-0.2, 0) is 19.6 Å². The van der Waals surface area contributed by atoms with Gasteiger partial charge in [0.15, 0.2) is 0 Å². The standard InChI is InChI=1S/C21H26N4O4S/c1-14-7-8-17(13-19(14)23-15(2)26)30(28,29)24-18-5-3-4-6-20(18)25-11-9-16(10-12-25)21(22)27/h3-8,13,16,24H,9-12H2,1-2H3,(H2,22,27)(H,23,26). The summed E-state index contributed by atoms with van der Waals surface area (Å²) in [6.07, 6.45) is 1.27. The number of primary amides is 1. The van der Waals surface area contributed by atoms with Crippen LogP contribution in [0.15, 0.2) is 47.4 Å². The quantitative estimate of drug-likeness (QED) is 0.650. The average Bonchev–Trinajstić information content (AvgIpc) is 2.69. The van der Waals surface area contributed by atoms with E-state index in [1.54, 1.807) is 25.1 Å². The molecule has 3 rings (SSSR count). The first-order chi connectivity index (χ1) is 14.2. The van der Waals surface area contributed by atoms with Crippen LogP contribution in [0.5, 0.6) is 0 Å². The molecule has 0 atom stereocenters. The Morgan fingerprint density at radius 3 is 2.37 bits per heavy atom. The number of aryl methyl sites for hydroxylation is 1. The summed E-state index contributed by atoms with van der Waals surface area (Å²) in [5, 5.41) is 2.65. The lowest BCUT2D eigenvalue weighted by atomic mass is 9.96. The normalized spacial score (nSPS) is 14.9. The number of anilines is 3. The number of para-hydroxylation sites is 2. The summed E-state index contributed by atoms with van der Waals surface area (Å²) >= 11 is 0. The summed E-state index contributed by atoms with van der Waals surface area (Å²) in [5.74, 6) is -0.715. The second-order valence-electron chi connectivity index (χ2n) is 7.44. The van der Waals surface area contributed by atoms with Crippen LogP contribution >= 0.6 is 0 Å². The van der Waals surface area contributed by atoms with Gasteiger partial charge in [-0.05, 0) is 49.6 Å². The van der Waals surface area contributed by atoms with Gasteiger partial charge < -0.3 is 16.0 Å². The predicted molar refractivity (Wildman–Crippen MR) is 117 cm³/mol. The molecule has 1 aliphatic heterocycles. The summed E-state index contributed by atoms with van der Waals surface area (Å²) in [4.78, 5) is 24.9. The molecule has 0 saturated carbocycles. The van der Waals surface area contributed by atoms with Gasteiger partial charge in [0.2, 0.25) is 11.8 Å². The zero-order valence-electron chi connectivity index (χ0n) is 17.0. The highest BCUT2D eigenvalue weighted by Crippen LogP contribution is 2.32. The van der Waals surface area contributed by atoms with E-state index < -0.39 is 10.0 Å². The zero-order chi connectivity index (χ0) is 21.9. The van der Waals surface area contributed by atoms with Crippen LogP contribution in [0.25, 0.3) is 0 Å². The summed E-state index contributed by atoms with van der Waals surface area (Å²) < 4.78 is 28.7. The van der Waals surface area contributed by atoms with Crippen molar-refractivity contribution >= 4 is 38.9 Å². The van der Waals surface area contributed by atoms with E-state index in [0.29, 0.717) is 37.3 Å². The maximum Gasteiger partial charge on any atom is 0.262 e. The number of amides is 2. The van der Waals surface area contributed by atoms with E-state index in [0.717, 1.165) is 11.3 Å². The van der Waals surface area contributed by atoms with Crippen molar-refractivity contribution in [1.29, 1.82) is 0 Å². The lowest BCUT2D eigenvalue weighted by molar-refractivity contribution is -0.122. The number of nitrogens with one attached hydrogen (secondary N) is 2. The van der Waals surface area contributed by atoms with Crippen molar-refractivity contribution in [3.63, 3.8) is 0 Å². The number of nitrogens with two attached hydrogens (primary N) is 1. The minimum atomic E-state index is -3.88. The van der Waals surface area contributed by atoms with Gasteiger partial charge in [-0.2, -0.15) is 0 Å². The molecule has 0 spiro atoms. The molecule has 1 fully saturated rings. The second kappa shape index (κ2) is 8.74. The van der Waals surface area contributed by atoms with E-state index in [9.17, 15) is 18.0 Å². The Bertz CT molecular complexity index is 1060. The highest BCUT2D eigenvalue weighted by atomic mass is 32.2. The van der Waals surface area contributed by atoms with Crippen LogP contribution < -0.4 is 20.7 Å². The SMILES string of the molecule is CC(=O)Nc1cc(S(=O)(=O)Nc2ccccc2N2CCC(C(N)=O)CC2)ccc1C. The number of hydrogen-bond acceptors (Lipinski definition) is 5. The van der Waals surface area contributed by atoms with Crippen molar-refractivity contribution in [2.45, 2.75) is 31.6 Å². The third-order valence-corrected chi connectivity index (χ3v) is 6.58. The Morgan fingerprint density at radius 1 is 1.07 bits per heavy atom. The number of nitrogens with zero attached hydrogens (tertiary/aromatic N) is 1. The van der Waals surface area contributed by atoms with Gasteiger partial charge in [-0.25, -0.2) is 8.42 Å². The van der Waals surface area contributed by atoms with E-state index in [4.69, 9.17) is 5.73 Å². The third kappa shape index (κ3) is 4.91. The minimum Gasteiger partial charge on any atom is -0.370 e. The smallest absolute Gasteiger partial charge is 0.262 e. The first kappa shape index (κ1) is 21.6. The van der Waals surface area contributed by atoms with E-state index >= 15 is 0 Å². The van der Waals surface area contributed by atoms with Gasteiger partial charge in [0.05, 0.1) is 16.3 Å². The number of hydrogen-bond donors (Lipinski definition) is 3. The molecule has 1 aliphatic rings. The number of sulfonamides is 1. The second-order valence-corrected chi connectivity index (χ2v) is 9.13. The van der Waals surface area contributed by atoms with E-state index in [-0.39, 0.29) is 22.6 Å². The first-order valence-electron chi connectivity index (χ1n) is 9.72. The fourth-order valence-corrected chi connectivity index (χ4v) is 4.64. The highest BCUT2D eigenvalue weighted by Gasteiger charge is 2.25. The topological polar surface area (TPSA) is 122 Å². The van der Waals surface area contributed by atoms with Crippen molar-refractivity contribution in [3.05, 3.63) is 48.0 Å². The molecular weight excluding hydrogens is 404 g/mol. The highest BCUT2D eigenvalue weighted by molar-refractivity contribution is 7.92. The molecule has 0 unspecified atom stereocenters. The van der Waals surface area contributed by atoms with Crippen LogP contribution in [0.1, 0.15) is 25.3 Å². The zero-order valence-corrected chi connectivity index (χ0v) is 17.8. The molecule has 1 heterocycles. The molecule has 0 aliphatic carbocycles. The molecule has 4 N–H and O–H groups in total. The summed E-state index contributed by atoms with van der Waals surface area (Å²) in [6, 6.07) is 11.8. The van der Waals surface area contributed by atoms with Crippen molar-refractivity contribution < 1.29 is 18.0 Å². The molecule has 2 aromatic carbocycles. The molecule has 2 amide bonds. The molecular formula is C21H26N4O4S. The van der Waals surface area contributed by atoms with Crippen LogP contribution in [0, 0.1) is 12.8 Å². The minimum absolute atomic E-state index is 0.0547. The predicted octanol–water partition coefficient (Wildman–Crippen LogP) is 2.46. The van der Waals surface area contributed by atoms with Gasteiger partial charge in [-0.1, -0.05) is 18.2 Å². The molecule has 0 bridgehead atoms. The van der Waals surface area contributed by atoms with Crippen LogP contribution in [0.3, 0.4) is 0 Å². The Morgan fingerprint density at radius 2 is 1.73 bits per heavy atom. The van der Waals surface area contributed by atoms with E-state index in [1.807, 2.05) is 12.1 Å². The van der Waals surface area contributed by atoms with Gasteiger partial charge in [0, 0.05) is 31.6 Å². The molecule has 0 aromatic heterocycles. The van der Waals surface area contributed by atoms with Crippen molar-refractivity contribution in [2.75, 3.05) is 28.0 Å². The first-order valence-corrected chi connectivity index (χ1v) is 11.2. The van der Waals surface area contributed by atoms with Crippen LogP contribution in [0.4, 0.5) is 17.1 Å². The number of rotatable bonds is 6. The van der Waals surface area contributed by atoms with Crippen LogP contribution in [-0.4, -0.2) is 33.3 Å². The Kier molecular flexibility index (Phi) is 6.31. The van der Waals surface area contributed by atoms with Gasteiger partial charge in [-0.15, -0.1) is 0 Å². The monoisotopic (exact) mass is 430 g/mol. The molecule has 30 heavy (non-hydrogen) atoms. The van der Waals surface area contributed by atoms with E-state index in [1.165, 1.54) is 19.1 Å². The molecule has 160 valence electrons. The number of benzene rings is 2.